The van der Waals surface area contributed by atoms with Gasteiger partial charge in [-0.15, -0.1) is 0 Å². The number of aryl methyl sites for hydroxylation is 1. The number of hydrogen-bond acceptors (Lipinski definition) is 2. The van der Waals surface area contributed by atoms with Crippen LogP contribution in [0, 0.1) is 6.92 Å². The number of aromatic carboxylic acids is 1. The number of carboxylic acids is 1. The first-order valence-corrected chi connectivity index (χ1v) is 11.6. The molecular weight excluding hydrogens is 426 g/mol. The van der Waals surface area contributed by atoms with Crippen LogP contribution in [0.25, 0.3) is 21.9 Å². The molecule has 0 aliphatic rings. The zero-order valence-electron chi connectivity index (χ0n) is 19.3. The second kappa shape index (κ2) is 8.71. The van der Waals surface area contributed by atoms with Gasteiger partial charge in [0, 0.05) is 17.1 Å². The molecule has 0 spiro atoms. The molecular formula is C28H27N3O3. The zero-order valence-corrected chi connectivity index (χ0v) is 19.3. The molecule has 34 heavy (non-hydrogen) atoms. The lowest BCUT2D eigenvalue weighted by Gasteiger charge is -2.19. The molecule has 1 unspecified atom stereocenters. The molecule has 2 aromatic heterocycles. The molecule has 172 valence electrons. The average molecular weight is 454 g/mol. The van der Waals surface area contributed by atoms with E-state index in [1.54, 1.807) is 18.2 Å². The van der Waals surface area contributed by atoms with Crippen LogP contribution in [0.4, 0.5) is 0 Å². The number of aromatic nitrogens is 3. The minimum absolute atomic E-state index is 0.0942. The highest BCUT2D eigenvalue weighted by Crippen LogP contribution is 2.29. The number of hydrogen-bond donors (Lipinski definition) is 2. The quantitative estimate of drug-likeness (QED) is 0.330. The summed E-state index contributed by atoms with van der Waals surface area (Å²) in [7, 11) is 0. The van der Waals surface area contributed by atoms with E-state index < -0.39 is 5.97 Å². The maximum Gasteiger partial charge on any atom is 0.335 e. The number of rotatable bonds is 7. The highest BCUT2D eigenvalue weighted by Gasteiger charge is 2.23. The van der Waals surface area contributed by atoms with Crippen LogP contribution in [0.2, 0.25) is 0 Å². The van der Waals surface area contributed by atoms with E-state index in [1.165, 1.54) is 5.56 Å². The number of nitrogens with zero attached hydrogens (tertiary/aromatic N) is 2. The van der Waals surface area contributed by atoms with Gasteiger partial charge in [0.2, 0.25) is 0 Å². The highest BCUT2D eigenvalue weighted by atomic mass is 16.4. The van der Waals surface area contributed by atoms with Crippen LogP contribution in [-0.2, 0) is 6.54 Å². The summed E-state index contributed by atoms with van der Waals surface area (Å²) in [6, 6.07) is 20.7. The van der Waals surface area contributed by atoms with Crippen molar-refractivity contribution in [3.63, 3.8) is 0 Å². The minimum atomic E-state index is -0.971. The summed E-state index contributed by atoms with van der Waals surface area (Å²) in [5.41, 5.74) is 5.97. The molecule has 0 saturated heterocycles. The third kappa shape index (κ3) is 3.61. The van der Waals surface area contributed by atoms with E-state index in [1.807, 2.05) is 57.8 Å². The van der Waals surface area contributed by atoms with Crippen LogP contribution in [0.1, 0.15) is 52.9 Å². The van der Waals surface area contributed by atoms with E-state index in [-0.39, 0.29) is 17.3 Å². The third-order valence-electron chi connectivity index (χ3n) is 6.59. The van der Waals surface area contributed by atoms with Gasteiger partial charge < -0.3 is 10.1 Å². The lowest BCUT2D eigenvalue weighted by atomic mass is 9.99. The Morgan fingerprint density at radius 2 is 1.79 bits per heavy atom. The molecule has 0 amide bonds. The van der Waals surface area contributed by atoms with Crippen molar-refractivity contribution in [1.29, 1.82) is 0 Å². The second-order valence-corrected chi connectivity index (χ2v) is 8.77. The van der Waals surface area contributed by atoms with Crippen LogP contribution in [0.3, 0.4) is 0 Å². The first kappa shape index (κ1) is 21.8. The van der Waals surface area contributed by atoms with Crippen molar-refractivity contribution in [3.8, 4) is 0 Å². The summed E-state index contributed by atoms with van der Waals surface area (Å²) in [5.74, 6) is -0.971. The molecule has 6 heteroatoms. The number of H-pyrrole nitrogens is 1. The monoisotopic (exact) mass is 453 g/mol. The van der Waals surface area contributed by atoms with Crippen molar-refractivity contribution < 1.29 is 9.90 Å². The van der Waals surface area contributed by atoms with Crippen molar-refractivity contribution in [2.45, 2.75) is 39.3 Å². The van der Waals surface area contributed by atoms with Gasteiger partial charge in [0.15, 0.2) is 0 Å². The van der Waals surface area contributed by atoms with E-state index in [4.69, 9.17) is 0 Å². The second-order valence-electron chi connectivity index (χ2n) is 8.77. The van der Waals surface area contributed by atoms with Crippen LogP contribution in [0.5, 0.6) is 0 Å². The SMILES string of the molecule is CCCC(c1cccc(C(=O)O)c1)n1c(=O)n(Cc2c[nH]c3cccc(C)c23)c2ccccc21. The number of carbonyl (C=O) groups is 1. The Kier molecular flexibility index (Phi) is 5.57. The van der Waals surface area contributed by atoms with Gasteiger partial charge >= 0.3 is 11.7 Å². The molecule has 5 rings (SSSR count). The molecule has 0 aliphatic heterocycles. The summed E-state index contributed by atoms with van der Waals surface area (Å²) < 4.78 is 3.66. The predicted octanol–water partition coefficient (Wildman–Crippen LogP) is 5.73. The Labute approximate surface area is 197 Å². The Morgan fingerprint density at radius 1 is 1.03 bits per heavy atom. The normalized spacial score (nSPS) is 12.4. The third-order valence-corrected chi connectivity index (χ3v) is 6.59. The molecule has 0 saturated carbocycles. The van der Waals surface area contributed by atoms with Crippen LogP contribution in [0.15, 0.2) is 77.7 Å². The number of carboxylic acid groups (broad SMARTS) is 1. The van der Waals surface area contributed by atoms with Crippen LogP contribution >= 0.6 is 0 Å². The minimum Gasteiger partial charge on any atom is -0.478 e. The number of imidazole rings is 1. The first-order chi connectivity index (χ1) is 16.5. The lowest BCUT2D eigenvalue weighted by molar-refractivity contribution is 0.0696. The van der Waals surface area contributed by atoms with E-state index in [2.05, 4.69) is 24.9 Å². The molecule has 0 radical (unpaired) electrons. The molecule has 6 nitrogen and oxygen atoms in total. The number of aromatic amines is 1. The fraction of sp³-hybridized carbons (Fsp3) is 0.214. The van der Waals surface area contributed by atoms with Gasteiger partial charge in [0.05, 0.1) is 29.2 Å². The molecule has 2 N–H and O–H groups in total. The van der Waals surface area contributed by atoms with Gasteiger partial charge in [-0.3, -0.25) is 9.13 Å². The van der Waals surface area contributed by atoms with E-state index in [9.17, 15) is 14.7 Å². The van der Waals surface area contributed by atoms with E-state index >= 15 is 0 Å². The van der Waals surface area contributed by atoms with Gasteiger partial charge in [-0.1, -0.05) is 49.7 Å². The summed E-state index contributed by atoms with van der Waals surface area (Å²) in [4.78, 5) is 28.9. The van der Waals surface area contributed by atoms with Gasteiger partial charge in [-0.25, -0.2) is 9.59 Å². The molecule has 2 heterocycles. The Hall–Kier alpha value is -4.06. The van der Waals surface area contributed by atoms with Gasteiger partial charge in [0.1, 0.15) is 0 Å². The Bertz CT molecular complexity index is 1570. The summed E-state index contributed by atoms with van der Waals surface area (Å²) in [6.07, 6.45) is 3.56. The van der Waals surface area contributed by atoms with Crippen molar-refractivity contribution in [3.05, 3.63) is 106 Å². The van der Waals surface area contributed by atoms with Crippen LogP contribution in [-0.4, -0.2) is 25.2 Å². The molecule has 0 bridgehead atoms. The molecule has 3 aromatic carbocycles. The van der Waals surface area contributed by atoms with E-state index in [0.29, 0.717) is 6.54 Å². The van der Waals surface area contributed by atoms with Gasteiger partial charge in [0.25, 0.3) is 0 Å². The first-order valence-electron chi connectivity index (χ1n) is 11.6. The summed E-state index contributed by atoms with van der Waals surface area (Å²) >= 11 is 0. The topological polar surface area (TPSA) is 80.0 Å². The maximum atomic E-state index is 13.9. The lowest BCUT2D eigenvalue weighted by Crippen LogP contribution is -2.28. The van der Waals surface area contributed by atoms with Crippen molar-refractivity contribution in [2.24, 2.45) is 0 Å². The molecule has 5 aromatic rings. The fourth-order valence-corrected chi connectivity index (χ4v) is 5.03. The highest BCUT2D eigenvalue weighted by molar-refractivity contribution is 5.88. The van der Waals surface area contributed by atoms with Crippen molar-refractivity contribution in [1.82, 2.24) is 14.1 Å². The van der Waals surface area contributed by atoms with Gasteiger partial charge in [-0.2, -0.15) is 0 Å². The number of nitrogens with one attached hydrogen (secondary N) is 1. The van der Waals surface area contributed by atoms with Crippen LogP contribution < -0.4 is 5.69 Å². The molecule has 1 atom stereocenters. The van der Waals surface area contributed by atoms with Crippen molar-refractivity contribution >= 4 is 27.9 Å². The van der Waals surface area contributed by atoms with Crippen molar-refractivity contribution in [2.75, 3.05) is 0 Å². The van der Waals surface area contributed by atoms with Gasteiger partial charge in [-0.05, 0) is 60.4 Å². The molecule has 0 fully saturated rings. The summed E-state index contributed by atoms with van der Waals surface area (Å²) in [6.45, 7) is 4.61. The number of para-hydroxylation sites is 2. The number of fused-ring (bicyclic) bond motifs is 2. The maximum absolute atomic E-state index is 13.9. The molecule has 0 aliphatic carbocycles. The van der Waals surface area contributed by atoms with E-state index in [0.717, 1.165) is 45.9 Å². The fourth-order valence-electron chi connectivity index (χ4n) is 5.03. The zero-order chi connectivity index (χ0) is 23.8. The predicted molar refractivity (Wildman–Crippen MR) is 135 cm³/mol. The Balaban J connectivity index is 1.69. The standard InChI is InChI=1S/C28H27N3O3/c1-3-8-23(19-10-7-11-20(15-19)27(32)33)31-25-14-5-4-13-24(25)30(28(31)34)17-21-16-29-22-12-6-9-18(2)26(21)22/h4-7,9-16,23,29H,3,8,17H2,1-2H3,(H,32,33). The summed E-state index contributed by atoms with van der Waals surface area (Å²) in [5, 5.41) is 10.6. The smallest absolute Gasteiger partial charge is 0.335 e. The Morgan fingerprint density at radius 3 is 2.56 bits per heavy atom. The average Bonchev–Trinajstić information content (AvgIpc) is 3.38. The number of benzene rings is 3. The largest absolute Gasteiger partial charge is 0.478 e.